The minimum atomic E-state index is -0.216. The number of amides is 1. The minimum absolute atomic E-state index is 0.0839. The summed E-state index contributed by atoms with van der Waals surface area (Å²) in [6.07, 6.45) is 1.42. The topological polar surface area (TPSA) is 74.0 Å². The van der Waals surface area contributed by atoms with Crippen LogP contribution in [-0.2, 0) is 4.79 Å². The molecule has 1 aliphatic heterocycles. The molecule has 1 saturated heterocycles. The Morgan fingerprint density at radius 2 is 2.00 bits per heavy atom. The number of nitrogens with zero attached hydrogens (tertiary/aromatic N) is 5. The van der Waals surface area contributed by atoms with E-state index >= 15 is 0 Å². The number of hydrogen-bond acceptors (Lipinski definition) is 6. The van der Waals surface area contributed by atoms with Gasteiger partial charge in [-0.25, -0.2) is 4.98 Å². The summed E-state index contributed by atoms with van der Waals surface area (Å²) in [7, 11) is 0. The van der Waals surface area contributed by atoms with Crippen molar-refractivity contribution in [1.29, 1.82) is 0 Å². The maximum Gasteiger partial charge on any atom is 0.230 e. The first-order valence-electron chi connectivity index (χ1n) is 8.31. The number of rotatable bonds is 3. The number of carbonyl (C=O) groups excluding carboxylic acids is 1. The van der Waals surface area contributed by atoms with E-state index in [4.69, 9.17) is 11.6 Å². The molecule has 1 N–H and O–H groups in total. The Morgan fingerprint density at radius 1 is 1.27 bits per heavy atom. The van der Waals surface area contributed by atoms with Gasteiger partial charge in [-0.3, -0.25) is 9.69 Å². The quantitative estimate of drug-likeness (QED) is 0.742. The van der Waals surface area contributed by atoms with Crippen molar-refractivity contribution < 1.29 is 9.90 Å². The van der Waals surface area contributed by atoms with Crippen LogP contribution < -0.4 is 0 Å². The predicted octanol–water partition coefficient (Wildman–Crippen LogP) is 2.40. The maximum absolute atomic E-state index is 11.6. The molecule has 3 aromatic rings. The lowest BCUT2D eigenvalue weighted by Crippen LogP contribution is -2.49. The third kappa shape index (κ3) is 2.94. The monoisotopic (exact) mass is 391 g/mol. The normalized spacial score (nSPS) is 16.9. The standard InChI is InChI=1S/C17H18ClN5O2S/c1-11(24)21-6-8-22(9-7-21)14(12-4-2-3-5-13(12)18)15-16(25)23-17(26-15)19-10-20-23/h2-5,10,14,25H,6-9H2,1H3. The second-order valence-electron chi connectivity index (χ2n) is 6.21. The highest BCUT2D eigenvalue weighted by atomic mass is 35.5. The van der Waals surface area contributed by atoms with Gasteiger partial charge in [0.2, 0.25) is 16.7 Å². The number of carbonyl (C=O) groups is 1. The van der Waals surface area contributed by atoms with Gasteiger partial charge in [0.1, 0.15) is 6.33 Å². The molecule has 7 nitrogen and oxygen atoms in total. The molecule has 1 atom stereocenters. The van der Waals surface area contributed by atoms with E-state index in [1.807, 2.05) is 29.2 Å². The summed E-state index contributed by atoms with van der Waals surface area (Å²) in [5, 5.41) is 15.4. The Kier molecular flexibility index (Phi) is 4.56. The fourth-order valence-corrected chi connectivity index (χ4v) is 4.69. The van der Waals surface area contributed by atoms with Crippen LogP contribution in [0.1, 0.15) is 23.4 Å². The van der Waals surface area contributed by atoms with Crippen molar-refractivity contribution in [2.45, 2.75) is 13.0 Å². The van der Waals surface area contributed by atoms with Gasteiger partial charge in [0.25, 0.3) is 0 Å². The predicted molar refractivity (Wildman–Crippen MR) is 99.7 cm³/mol. The summed E-state index contributed by atoms with van der Waals surface area (Å²) in [6.45, 7) is 4.29. The van der Waals surface area contributed by atoms with Crippen LogP contribution in [0.15, 0.2) is 30.6 Å². The molecule has 26 heavy (non-hydrogen) atoms. The third-order valence-corrected chi connectivity index (χ3v) is 6.14. The molecule has 0 saturated carbocycles. The molecule has 0 bridgehead atoms. The number of hydrogen-bond donors (Lipinski definition) is 1. The molecular formula is C17H18ClN5O2S. The van der Waals surface area contributed by atoms with E-state index in [9.17, 15) is 9.90 Å². The van der Waals surface area contributed by atoms with Crippen LogP contribution in [0.25, 0.3) is 4.96 Å². The molecule has 9 heteroatoms. The number of aromatic hydroxyl groups is 1. The molecule has 1 aliphatic rings. The van der Waals surface area contributed by atoms with E-state index in [0.29, 0.717) is 36.2 Å². The van der Waals surface area contributed by atoms with Gasteiger partial charge in [-0.05, 0) is 11.6 Å². The second-order valence-corrected chi connectivity index (χ2v) is 7.63. The summed E-state index contributed by atoms with van der Waals surface area (Å²) in [5.41, 5.74) is 0.922. The molecule has 136 valence electrons. The highest BCUT2D eigenvalue weighted by molar-refractivity contribution is 7.17. The van der Waals surface area contributed by atoms with Crippen LogP contribution in [0, 0.1) is 0 Å². The lowest BCUT2D eigenvalue weighted by molar-refractivity contribution is -0.130. The lowest BCUT2D eigenvalue weighted by atomic mass is 10.0. The van der Waals surface area contributed by atoms with E-state index in [2.05, 4.69) is 15.0 Å². The number of fused-ring (bicyclic) bond motifs is 1. The van der Waals surface area contributed by atoms with Crippen LogP contribution in [-0.4, -0.2) is 61.6 Å². The van der Waals surface area contributed by atoms with Crippen molar-refractivity contribution in [2.24, 2.45) is 0 Å². The molecule has 1 amide bonds. The zero-order chi connectivity index (χ0) is 18.3. The molecule has 0 aliphatic carbocycles. The van der Waals surface area contributed by atoms with Crippen molar-refractivity contribution in [3.63, 3.8) is 0 Å². The summed E-state index contributed by atoms with van der Waals surface area (Å²) < 4.78 is 1.44. The smallest absolute Gasteiger partial charge is 0.230 e. The molecule has 3 heterocycles. The van der Waals surface area contributed by atoms with Crippen molar-refractivity contribution in [1.82, 2.24) is 24.4 Å². The maximum atomic E-state index is 11.6. The van der Waals surface area contributed by atoms with Gasteiger partial charge < -0.3 is 10.0 Å². The average Bonchev–Trinajstić information content (AvgIpc) is 3.21. The highest BCUT2D eigenvalue weighted by Gasteiger charge is 2.32. The Bertz CT molecular complexity index is 948. The van der Waals surface area contributed by atoms with Crippen LogP contribution in [0.4, 0.5) is 0 Å². The van der Waals surface area contributed by atoms with E-state index in [1.165, 1.54) is 22.2 Å². The highest BCUT2D eigenvalue weighted by Crippen LogP contribution is 2.41. The molecule has 1 unspecified atom stereocenters. The number of benzene rings is 1. The van der Waals surface area contributed by atoms with Crippen molar-refractivity contribution in [3.05, 3.63) is 46.1 Å². The third-order valence-electron chi connectivity index (χ3n) is 4.71. The van der Waals surface area contributed by atoms with Gasteiger partial charge in [0, 0.05) is 38.1 Å². The number of aromatic nitrogens is 3. The van der Waals surface area contributed by atoms with E-state index in [-0.39, 0.29) is 17.8 Å². The summed E-state index contributed by atoms with van der Waals surface area (Å²) in [5.74, 6) is 0.169. The lowest BCUT2D eigenvalue weighted by Gasteiger charge is -2.39. The molecule has 0 spiro atoms. The van der Waals surface area contributed by atoms with Gasteiger partial charge in [-0.15, -0.1) is 0 Å². The molecule has 0 radical (unpaired) electrons. The minimum Gasteiger partial charge on any atom is -0.492 e. The summed E-state index contributed by atoms with van der Waals surface area (Å²) >= 11 is 7.89. The van der Waals surface area contributed by atoms with Crippen molar-refractivity contribution in [2.75, 3.05) is 26.2 Å². The van der Waals surface area contributed by atoms with Gasteiger partial charge in [0.15, 0.2) is 0 Å². The summed E-state index contributed by atoms with van der Waals surface area (Å²) in [6, 6.07) is 7.43. The Hall–Kier alpha value is -2.16. The average molecular weight is 392 g/mol. The fourth-order valence-electron chi connectivity index (χ4n) is 3.37. The van der Waals surface area contributed by atoms with E-state index < -0.39 is 0 Å². The Balaban J connectivity index is 1.76. The largest absolute Gasteiger partial charge is 0.492 e. The molecule has 1 aromatic carbocycles. The Morgan fingerprint density at radius 3 is 2.65 bits per heavy atom. The molecule has 1 fully saturated rings. The van der Waals surface area contributed by atoms with E-state index in [0.717, 1.165) is 10.4 Å². The van der Waals surface area contributed by atoms with Crippen LogP contribution >= 0.6 is 22.9 Å². The first-order chi connectivity index (χ1) is 12.6. The SMILES string of the molecule is CC(=O)N1CCN(C(c2ccccc2Cl)c2sc3ncnn3c2O)CC1. The molecule has 4 rings (SSSR count). The van der Waals surface area contributed by atoms with Crippen LogP contribution in [0.3, 0.4) is 0 Å². The second kappa shape index (κ2) is 6.86. The number of piperazine rings is 1. The first kappa shape index (κ1) is 17.3. The summed E-state index contributed by atoms with van der Waals surface area (Å²) in [4.78, 5) is 21.3. The van der Waals surface area contributed by atoms with Crippen LogP contribution in [0.5, 0.6) is 5.88 Å². The van der Waals surface area contributed by atoms with Crippen LogP contribution in [0.2, 0.25) is 5.02 Å². The first-order valence-corrected chi connectivity index (χ1v) is 9.51. The molecule has 2 aromatic heterocycles. The molecular weight excluding hydrogens is 374 g/mol. The van der Waals surface area contributed by atoms with Crippen molar-refractivity contribution >= 4 is 33.8 Å². The van der Waals surface area contributed by atoms with E-state index in [1.54, 1.807) is 6.92 Å². The van der Waals surface area contributed by atoms with Gasteiger partial charge in [-0.2, -0.15) is 9.61 Å². The van der Waals surface area contributed by atoms with Gasteiger partial charge in [-0.1, -0.05) is 41.1 Å². The van der Waals surface area contributed by atoms with Gasteiger partial charge in [0.05, 0.1) is 10.9 Å². The number of halogens is 1. The fraction of sp³-hybridized carbons (Fsp3) is 0.353. The zero-order valence-electron chi connectivity index (χ0n) is 14.2. The Labute approximate surface area is 159 Å². The van der Waals surface area contributed by atoms with Crippen molar-refractivity contribution in [3.8, 4) is 5.88 Å². The zero-order valence-corrected chi connectivity index (χ0v) is 15.7. The number of thiazole rings is 1. The van der Waals surface area contributed by atoms with Gasteiger partial charge >= 0.3 is 0 Å².